The second kappa shape index (κ2) is 8.06. The minimum Gasteiger partial charge on any atom is -0.378 e. The normalized spacial score (nSPS) is 14.1. The summed E-state index contributed by atoms with van der Waals surface area (Å²) in [7, 11) is 0. The second-order valence-electron chi connectivity index (χ2n) is 7.47. The minimum absolute atomic E-state index is 0.679. The molecule has 0 amide bonds. The molecule has 3 heterocycles. The summed E-state index contributed by atoms with van der Waals surface area (Å²) >= 11 is 0. The average molecular weight is 387 g/mol. The zero-order chi connectivity index (χ0) is 20.4. The lowest BCUT2D eigenvalue weighted by Crippen LogP contribution is -2.36. The summed E-state index contributed by atoms with van der Waals surface area (Å²) in [5.74, 6) is 0.999. The number of anilines is 1. The smallest absolute Gasteiger partial charge is 0.128 e. The van der Waals surface area contributed by atoms with Crippen LogP contribution in [0.4, 0.5) is 5.82 Å². The number of hydrogen-bond acceptors (Lipinski definition) is 5. The molecule has 4 rings (SSSR count). The van der Waals surface area contributed by atoms with Crippen LogP contribution in [0.1, 0.15) is 28.1 Å². The number of nitrogens with zero attached hydrogens (tertiary/aromatic N) is 5. The summed E-state index contributed by atoms with van der Waals surface area (Å²) in [6.07, 6.45) is 1.94. The Hall–Kier alpha value is -3.17. The molecule has 0 radical (unpaired) electrons. The van der Waals surface area contributed by atoms with Crippen LogP contribution in [-0.4, -0.2) is 41.1 Å². The number of aryl methyl sites for hydroxylation is 2. The molecule has 29 heavy (non-hydrogen) atoms. The van der Waals surface area contributed by atoms with Gasteiger partial charge in [-0.05, 0) is 55.7 Å². The van der Waals surface area contributed by atoms with Crippen LogP contribution in [0.5, 0.6) is 0 Å². The van der Waals surface area contributed by atoms with Crippen molar-refractivity contribution >= 4 is 5.82 Å². The van der Waals surface area contributed by atoms with Crippen LogP contribution < -0.4 is 4.90 Å². The van der Waals surface area contributed by atoms with E-state index >= 15 is 0 Å². The standard InChI is InChI=1S/C23H25N5O/c1-16-12-20(5-6-21(16)13-24)23-17(2)26-28(18(23)3)15-19-4-7-22(25-14-19)27-8-10-29-11-9-27/h4-7,12,14H,8-11,15H2,1-3H3. The van der Waals surface area contributed by atoms with E-state index in [1.54, 1.807) is 0 Å². The lowest BCUT2D eigenvalue weighted by Gasteiger charge is -2.27. The molecule has 6 heteroatoms. The quantitative estimate of drug-likeness (QED) is 0.684. The fourth-order valence-corrected chi connectivity index (χ4v) is 3.88. The van der Waals surface area contributed by atoms with Crippen molar-refractivity contribution in [2.45, 2.75) is 27.3 Å². The third-order valence-corrected chi connectivity index (χ3v) is 5.49. The van der Waals surface area contributed by atoms with Gasteiger partial charge in [-0.15, -0.1) is 0 Å². The van der Waals surface area contributed by atoms with Crippen molar-refractivity contribution in [1.82, 2.24) is 14.8 Å². The van der Waals surface area contributed by atoms with Gasteiger partial charge in [-0.3, -0.25) is 4.68 Å². The van der Waals surface area contributed by atoms with Crippen molar-refractivity contribution < 1.29 is 4.74 Å². The summed E-state index contributed by atoms with van der Waals surface area (Å²) in [5, 5.41) is 13.9. The number of pyridine rings is 1. The van der Waals surface area contributed by atoms with E-state index in [9.17, 15) is 5.26 Å². The third-order valence-electron chi connectivity index (χ3n) is 5.49. The van der Waals surface area contributed by atoms with E-state index in [1.165, 1.54) is 0 Å². The lowest BCUT2D eigenvalue weighted by molar-refractivity contribution is 0.122. The molecular formula is C23H25N5O. The minimum atomic E-state index is 0.679. The zero-order valence-electron chi connectivity index (χ0n) is 17.1. The van der Waals surface area contributed by atoms with Gasteiger partial charge in [0.15, 0.2) is 0 Å². The van der Waals surface area contributed by atoms with Gasteiger partial charge in [0.05, 0.1) is 37.1 Å². The highest BCUT2D eigenvalue weighted by Crippen LogP contribution is 2.29. The molecule has 1 aromatic carbocycles. The van der Waals surface area contributed by atoms with Crippen molar-refractivity contribution in [2.75, 3.05) is 31.2 Å². The van der Waals surface area contributed by atoms with E-state index in [2.05, 4.69) is 41.1 Å². The van der Waals surface area contributed by atoms with Crippen molar-refractivity contribution in [3.8, 4) is 17.2 Å². The van der Waals surface area contributed by atoms with Crippen LogP contribution in [0.2, 0.25) is 0 Å². The van der Waals surface area contributed by atoms with Gasteiger partial charge in [0.2, 0.25) is 0 Å². The van der Waals surface area contributed by atoms with Crippen LogP contribution in [-0.2, 0) is 11.3 Å². The summed E-state index contributed by atoms with van der Waals surface area (Å²) in [6, 6.07) is 12.4. The largest absolute Gasteiger partial charge is 0.378 e. The van der Waals surface area contributed by atoms with Gasteiger partial charge >= 0.3 is 0 Å². The van der Waals surface area contributed by atoms with Gasteiger partial charge in [0.25, 0.3) is 0 Å². The van der Waals surface area contributed by atoms with Crippen LogP contribution in [0, 0.1) is 32.1 Å². The molecule has 0 bridgehead atoms. The molecule has 0 atom stereocenters. The molecule has 0 N–H and O–H groups in total. The monoisotopic (exact) mass is 387 g/mol. The van der Waals surface area contributed by atoms with E-state index in [1.807, 2.05) is 36.9 Å². The topological polar surface area (TPSA) is 67.0 Å². The number of morpholine rings is 1. The highest BCUT2D eigenvalue weighted by Gasteiger charge is 2.16. The Labute approximate surface area is 171 Å². The Kier molecular flexibility index (Phi) is 5.32. The molecule has 1 saturated heterocycles. The van der Waals surface area contributed by atoms with E-state index in [0.29, 0.717) is 12.1 Å². The van der Waals surface area contributed by atoms with Gasteiger partial charge in [-0.1, -0.05) is 12.1 Å². The molecule has 0 unspecified atom stereocenters. The van der Waals surface area contributed by atoms with Crippen molar-refractivity contribution in [3.63, 3.8) is 0 Å². The molecule has 0 saturated carbocycles. The highest BCUT2D eigenvalue weighted by molar-refractivity contribution is 5.70. The molecule has 148 valence electrons. The predicted molar refractivity (Wildman–Crippen MR) is 113 cm³/mol. The summed E-state index contributed by atoms with van der Waals surface area (Å²) in [6.45, 7) is 10.1. The fraction of sp³-hybridized carbons (Fsp3) is 0.348. The van der Waals surface area contributed by atoms with Crippen LogP contribution >= 0.6 is 0 Å². The number of hydrogen-bond donors (Lipinski definition) is 0. The Morgan fingerprint density at radius 1 is 1.10 bits per heavy atom. The first-order valence-electron chi connectivity index (χ1n) is 9.89. The maximum absolute atomic E-state index is 9.18. The summed E-state index contributed by atoms with van der Waals surface area (Å²) < 4.78 is 7.44. The molecular weight excluding hydrogens is 362 g/mol. The van der Waals surface area contributed by atoms with Gasteiger partial charge in [-0.25, -0.2) is 4.98 Å². The third kappa shape index (κ3) is 3.87. The van der Waals surface area contributed by atoms with Crippen molar-refractivity contribution in [1.29, 1.82) is 5.26 Å². The Bertz CT molecular complexity index is 1060. The van der Waals surface area contributed by atoms with Gasteiger partial charge < -0.3 is 9.64 Å². The van der Waals surface area contributed by atoms with E-state index < -0.39 is 0 Å². The number of nitriles is 1. The first kappa shape index (κ1) is 19.2. The van der Waals surface area contributed by atoms with Gasteiger partial charge in [0.1, 0.15) is 5.82 Å². The molecule has 2 aromatic heterocycles. The fourth-order valence-electron chi connectivity index (χ4n) is 3.88. The van der Waals surface area contributed by atoms with Crippen molar-refractivity contribution in [2.24, 2.45) is 0 Å². The maximum Gasteiger partial charge on any atom is 0.128 e. The van der Waals surface area contributed by atoms with Crippen molar-refractivity contribution in [3.05, 3.63) is 64.6 Å². The zero-order valence-corrected chi connectivity index (χ0v) is 17.1. The second-order valence-corrected chi connectivity index (χ2v) is 7.47. The number of ether oxygens (including phenoxy) is 1. The number of rotatable bonds is 4. The molecule has 0 aliphatic carbocycles. The molecule has 1 fully saturated rings. The molecule has 0 spiro atoms. The van der Waals surface area contributed by atoms with Crippen LogP contribution in [0.3, 0.4) is 0 Å². The lowest BCUT2D eigenvalue weighted by atomic mass is 9.99. The maximum atomic E-state index is 9.18. The first-order chi connectivity index (χ1) is 14.1. The number of aromatic nitrogens is 3. The Morgan fingerprint density at radius 2 is 1.90 bits per heavy atom. The van der Waals surface area contributed by atoms with E-state index in [-0.39, 0.29) is 0 Å². The van der Waals surface area contributed by atoms with E-state index in [0.717, 1.165) is 65.8 Å². The summed E-state index contributed by atoms with van der Waals surface area (Å²) in [5.41, 5.74) is 7.16. The number of benzene rings is 1. The van der Waals surface area contributed by atoms with Gasteiger partial charge in [0, 0.05) is 30.5 Å². The molecule has 1 aliphatic rings. The SMILES string of the molecule is Cc1cc(-c2c(C)nn(Cc3ccc(N4CCOCC4)nc3)c2C)ccc1C#N. The molecule has 3 aromatic rings. The average Bonchev–Trinajstić information content (AvgIpc) is 3.02. The molecule has 1 aliphatic heterocycles. The predicted octanol–water partition coefficient (Wildman–Crippen LogP) is 3.63. The van der Waals surface area contributed by atoms with Gasteiger partial charge in [-0.2, -0.15) is 10.4 Å². The first-order valence-corrected chi connectivity index (χ1v) is 9.89. The molecule has 6 nitrogen and oxygen atoms in total. The highest BCUT2D eigenvalue weighted by atomic mass is 16.5. The Balaban J connectivity index is 1.56. The Morgan fingerprint density at radius 3 is 2.55 bits per heavy atom. The van der Waals surface area contributed by atoms with E-state index in [4.69, 9.17) is 9.84 Å². The van der Waals surface area contributed by atoms with Crippen LogP contribution in [0.25, 0.3) is 11.1 Å². The summed E-state index contributed by atoms with van der Waals surface area (Å²) in [4.78, 5) is 6.90. The van der Waals surface area contributed by atoms with Crippen LogP contribution in [0.15, 0.2) is 36.5 Å².